The second-order valence-corrected chi connectivity index (χ2v) is 4.78. The van der Waals surface area contributed by atoms with E-state index in [9.17, 15) is 22.4 Å². The lowest BCUT2D eigenvalue weighted by Crippen LogP contribution is -2.40. The highest BCUT2D eigenvalue weighted by Crippen LogP contribution is 2.26. The Morgan fingerprint density at radius 3 is 2.38 bits per heavy atom. The van der Waals surface area contributed by atoms with Crippen LogP contribution in [0, 0.1) is 11.6 Å². The number of carbonyl (C=O) groups is 1. The number of hydrogen-bond acceptors (Lipinski definition) is 3. The lowest BCUT2D eigenvalue weighted by molar-refractivity contribution is 0.0943. The van der Waals surface area contributed by atoms with Crippen LogP contribution in [0.4, 0.5) is 28.0 Å². The van der Waals surface area contributed by atoms with Gasteiger partial charge in [-0.1, -0.05) is 0 Å². The quantitative estimate of drug-likeness (QED) is 0.624. The normalized spacial score (nSPS) is 10.8. The zero-order chi connectivity index (χ0) is 16.0. The Kier molecular flexibility index (Phi) is 6.76. The summed E-state index contributed by atoms with van der Waals surface area (Å²) in [6, 6.07) is 0.818. The molecule has 0 saturated carbocycles. The summed E-state index contributed by atoms with van der Waals surface area (Å²) in [6.07, 6.45) is -1.29. The molecule has 0 spiro atoms. The summed E-state index contributed by atoms with van der Waals surface area (Å²) in [5, 5.41) is 10.9. The number of benzene rings is 1. The number of rotatable bonds is 6. The molecule has 2 amide bonds. The molecule has 9 heteroatoms. The highest BCUT2D eigenvalue weighted by Gasteiger charge is 2.19. The molecule has 0 saturated heterocycles. The first-order valence-electron chi connectivity index (χ1n) is 5.87. The van der Waals surface area contributed by atoms with Crippen LogP contribution >= 0.6 is 11.8 Å². The van der Waals surface area contributed by atoms with Gasteiger partial charge in [0.05, 0.1) is 18.0 Å². The number of nitrogens with zero attached hydrogens (tertiary/aromatic N) is 1. The van der Waals surface area contributed by atoms with E-state index in [0.717, 1.165) is 23.9 Å². The smallest absolute Gasteiger partial charge is 0.322 e. The maximum atomic E-state index is 13.5. The fourth-order valence-electron chi connectivity index (χ4n) is 1.59. The number of halogens is 4. The molecule has 0 radical (unpaired) electrons. The number of aliphatic hydroxyl groups is 1. The van der Waals surface area contributed by atoms with Gasteiger partial charge >= 0.3 is 6.03 Å². The van der Waals surface area contributed by atoms with Crippen molar-refractivity contribution in [1.29, 1.82) is 0 Å². The fourth-order valence-corrected chi connectivity index (χ4v) is 2.10. The highest BCUT2D eigenvalue weighted by atomic mass is 32.2. The Balaban J connectivity index is 2.86. The van der Waals surface area contributed by atoms with Gasteiger partial charge in [0.2, 0.25) is 0 Å². The van der Waals surface area contributed by atoms with E-state index in [1.807, 2.05) is 0 Å². The van der Waals surface area contributed by atoms with Gasteiger partial charge in [0.15, 0.2) is 0 Å². The first-order valence-corrected chi connectivity index (χ1v) is 7.09. The molecule has 4 nitrogen and oxygen atoms in total. The van der Waals surface area contributed by atoms with Crippen molar-refractivity contribution in [2.75, 3.05) is 31.3 Å². The topological polar surface area (TPSA) is 52.6 Å². The summed E-state index contributed by atoms with van der Waals surface area (Å²) in [5.74, 6) is -1.72. The molecule has 0 fully saturated rings. The van der Waals surface area contributed by atoms with Crippen LogP contribution in [0.2, 0.25) is 0 Å². The molecule has 0 aromatic heterocycles. The van der Waals surface area contributed by atoms with E-state index in [4.69, 9.17) is 5.11 Å². The molecule has 0 aliphatic rings. The maximum Gasteiger partial charge on any atom is 0.322 e. The number of urea groups is 1. The van der Waals surface area contributed by atoms with E-state index >= 15 is 0 Å². The molecule has 0 bridgehead atoms. The number of anilines is 1. The third kappa shape index (κ3) is 5.09. The number of aliphatic hydroxyl groups excluding tert-OH is 1. The van der Waals surface area contributed by atoms with Crippen LogP contribution in [-0.2, 0) is 0 Å². The van der Waals surface area contributed by atoms with Gasteiger partial charge in [0, 0.05) is 12.2 Å². The van der Waals surface area contributed by atoms with Crippen LogP contribution in [0.3, 0.4) is 0 Å². The molecule has 21 heavy (non-hydrogen) atoms. The summed E-state index contributed by atoms with van der Waals surface area (Å²) < 4.78 is 51.7. The van der Waals surface area contributed by atoms with Crippen LogP contribution in [-0.4, -0.2) is 48.4 Å². The largest absolute Gasteiger partial charge is 0.395 e. The van der Waals surface area contributed by atoms with Gasteiger partial charge in [0.1, 0.15) is 11.6 Å². The Morgan fingerprint density at radius 1 is 1.38 bits per heavy atom. The number of carbonyl (C=O) groups excluding carboxylic acids is 1. The van der Waals surface area contributed by atoms with Gasteiger partial charge in [0.25, 0.3) is 6.43 Å². The lowest BCUT2D eigenvalue weighted by Gasteiger charge is -2.21. The lowest BCUT2D eigenvalue weighted by atomic mass is 10.3. The predicted molar refractivity (Wildman–Crippen MR) is 71.8 cm³/mol. The molecule has 1 rings (SSSR count). The minimum atomic E-state index is -2.78. The first kappa shape index (κ1) is 17.6. The van der Waals surface area contributed by atoms with Crippen LogP contribution in [0.15, 0.2) is 17.0 Å². The number of alkyl halides is 2. The second-order valence-electron chi connectivity index (χ2n) is 3.96. The Hall–Kier alpha value is -1.48. The van der Waals surface area contributed by atoms with Gasteiger partial charge in [-0.05, 0) is 18.4 Å². The molecule has 118 valence electrons. The monoisotopic (exact) mass is 326 g/mol. The van der Waals surface area contributed by atoms with Crippen molar-refractivity contribution in [3.8, 4) is 0 Å². The molecular formula is C12H14F4N2O2S. The van der Waals surface area contributed by atoms with Crippen molar-refractivity contribution in [2.45, 2.75) is 11.3 Å². The predicted octanol–water partition coefficient (Wildman–Crippen LogP) is 2.78. The van der Waals surface area contributed by atoms with Crippen molar-refractivity contribution in [2.24, 2.45) is 0 Å². The van der Waals surface area contributed by atoms with Gasteiger partial charge in [-0.2, -0.15) is 0 Å². The Labute approximate surface area is 123 Å². The zero-order valence-electron chi connectivity index (χ0n) is 11.1. The second kappa shape index (κ2) is 8.08. The minimum absolute atomic E-state index is 0.190. The van der Waals surface area contributed by atoms with E-state index < -0.39 is 37.2 Å². The molecule has 2 N–H and O–H groups in total. The standard InChI is InChI=1S/C12H14F4N2O2S/c1-21-11-8(13)4-7(5-9(11)14)17-12(20)18(2-3-19)6-10(15)16/h4-5,10,19H,2-3,6H2,1H3,(H,17,20). The molecule has 0 heterocycles. The van der Waals surface area contributed by atoms with Crippen LogP contribution in [0.1, 0.15) is 0 Å². The summed E-state index contributed by atoms with van der Waals surface area (Å²) >= 11 is 0.867. The summed E-state index contributed by atoms with van der Waals surface area (Å²) in [6.45, 7) is -1.71. The molecule has 0 aliphatic heterocycles. The third-order valence-corrected chi connectivity index (χ3v) is 3.27. The number of hydrogen-bond donors (Lipinski definition) is 2. The molecule has 0 aliphatic carbocycles. The van der Waals surface area contributed by atoms with Crippen LogP contribution < -0.4 is 5.32 Å². The highest BCUT2D eigenvalue weighted by molar-refractivity contribution is 7.98. The summed E-state index contributed by atoms with van der Waals surface area (Å²) in [7, 11) is 0. The zero-order valence-corrected chi connectivity index (χ0v) is 11.9. The fraction of sp³-hybridized carbons (Fsp3) is 0.417. The van der Waals surface area contributed by atoms with E-state index in [1.165, 1.54) is 6.26 Å². The maximum absolute atomic E-state index is 13.5. The van der Waals surface area contributed by atoms with E-state index in [1.54, 1.807) is 0 Å². The number of nitrogens with one attached hydrogen (secondary N) is 1. The van der Waals surface area contributed by atoms with Gasteiger partial charge in [-0.15, -0.1) is 11.8 Å². The van der Waals surface area contributed by atoms with Crippen LogP contribution in [0.5, 0.6) is 0 Å². The third-order valence-electron chi connectivity index (χ3n) is 2.47. The van der Waals surface area contributed by atoms with E-state index in [0.29, 0.717) is 4.90 Å². The average molecular weight is 326 g/mol. The first-order chi connectivity index (χ1) is 9.88. The Bertz CT molecular complexity index is 479. The molecular weight excluding hydrogens is 312 g/mol. The van der Waals surface area contributed by atoms with Crippen molar-refractivity contribution in [1.82, 2.24) is 4.90 Å². The summed E-state index contributed by atoms with van der Waals surface area (Å²) in [5.41, 5.74) is -0.190. The number of thioether (sulfide) groups is 1. The van der Waals surface area contributed by atoms with Crippen molar-refractivity contribution in [3.63, 3.8) is 0 Å². The minimum Gasteiger partial charge on any atom is -0.395 e. The van der Waals surface area contributed by atoms with Gasteiger partial charge < -0.3 is 15.3 Å². The van der Waals surface area contributed by atoms with E-state index in [-0.39, 0.29) is 17.1 Å². The molecule has 1 aromatic rings. The Morgan fingerprint density at radius 2 is 1.95 bits per heavy atom. The van der Waals surface area contributed by atoms with Crippen molar-refractivity contribution < 1.29 is 27.5 Å². The average Bonchev–Trinajstić information content (AvgIpc) is 2.37. The SMILES string of the molecule is CSc1c(F)cc(NC(=O)N(CCO)CC(F)F)cc1F. The van der Waals surface area contributed by atoms with E-state index in [2.05, 4.69) is 5.32 Å². The number of amides is 2. The van der Waals surface area contributed by atoms with Crippen molar-refractivity contribution in [3.05, 3.63) is 23.8 Å². The molecule has 1 aromatic carbocycles. The molecule has 0 unspecified atom stereocenters. The van der Waals surface area contributed by atoms with Gasteiger partial charge in [-0.25, -0.2) is 22.4 Å². The van der Waals surface area contributed by atoms with Crippen LogP contribution in [0.25, 0.3) is 0 Å². The molecule has 0 atom stereocenters. The van der Waals surface area contributed by atoms with Gasteiger partial charge in [-0.3, -0.25) is 0 Å². The summed E-state index contributed by atoms with van der Waals surface area (Å²) in [4.78, 5) is 12.2. The van der Waals surface area contributed by atoms with Crippen molar-refractivity contribution >= 4 is 23.5 Å².